The lowest BCUT2D eigenvalue weighted by Gasteiger charge is -2.19. The average molecular weight is 391 g/mol. The fourth-order valence-corrected chi connectivity index (χ4v) is 2.41. The van der Waals surface area contributed by atoms with Gasteiger partial charge in [0.1, 0.15) is 17.8 Å². The van der Waals surface area contributed by atoms with Gasteiger partial charge in [0.05, 0.1) is 17.2 Å². The summed E-state index contributed by atoms with van der Waals surface area (Å²) in [7, 11) is 0. The first kappa shape index (κ1) is 22.0. The SMILES string of the molecule is CCOC(=O)CC(=O)c1cc(F)c(CCC(=O)OC(C)(C)C)c(Cl)c1F. The van der Waals surface area contributed by atoms with Crippen LogP contribution >= 0.6 is 11.6 Å². The minimum Gasteiger partial charge on any atom is -0.466 e. The number of halogens is 3. The molecule has 144 valence electrons. The summed E-state index contributed by atoms with van der Waals surface area (Å²) in [5.41, 5.74) is -1.57. The van der Waals surface area contributed by atoms with Crippen molar-refractivity contribution in [1.29, 1.82) is 0 Å². The third-order valence-corrected chi connectivity index (χ3v) is 3.56. The summed E-state index contributed by atoms with van der Waals surface area (Å²) in [6.45, 7) is 6.67. The predicted octanol–water partition coefficient (Wildman–Crippen LogP) is 4.03. The Bertz CT molecular complexity index is 711. The number of rotatable bonds is 7. The Morgan fingerprint density at radius 3 is 2.31 bits per heavy atom. The number of benzene rings is 1. The predicted molar refractivity (Wildman–Crippen MR) is 91.1 cm³/mol. The monoisotopic (exact) mass is 390 g/mol. The number of esters is 2. The molecule has 1 aromatic rings. The van der Waals surface area contributed by atoms with Crippen molar-refractivity contribution in [2.24, 2.45) is 0 Å². The number of carbonyl (C=O) groups is 3. The first-order valence-electron chi connectivity index (χ1n) is 8.03. The van der Waals surface area contributed by atoms with Crippen molar-refractivity contribution < 1.29 is 32.6 Å². The largest absolute Gasteiger partial charge is 0.466 e. The summed E-state index contributed by atoms with van der Waals surface area (Å²) in [4.78, 5) is 35.0. The molecule has 0 spiro atoms. The van der Waals surface area contributed by atoms with E-state index in [4.69, 9.17) is 16.3 Å². The van der Waals surface area contributed by atoms with Crippen molar-refractivity contribution in [2.75, 3.05) is 6.61 Å². The van der Waals surface area contributed by atoms with Crippen LogP contribution in [-0.4, -0.2) is 29.9 Å². The molecule has 0 aromatic heterocycles. The van der Waals surface area contributed by atoms with Crippen LogP contribution in [0.25, 0.3) is 0 Å². The van der Waals surface area contributed by atoms with Gasteiger partial charge in [-0.1, -0.05) is 11.6 Å². The smallest absolute Gasteiger partial charge is 0.313 e. The zero-order valence-corrected chi connectivity index (χ0v) is 15.8. The quantitative estimate of drug-likeness (QED) is 0.304. The van der Waals surface area contributed by atoms with Crippen LogP contribution in [0, 0.1) is 11.6 Å². The number of hydrogen-bond acceptors (Lipinski definition) is 5. The highest BCUT2D eigenvalue weighted by molar-refractivity contribution is 6.32. The lowest BCUT2D eigenvalue weighted by molar-refractivity contribution is -0.154. The highest BCUT2D eigenvalue weighted by atomic mass is 35.5. The molecule has 1 rings (SSSR count). The molecule has 1 aromatic carbocycles. The van der Waals surface area contributed by atoms with Crippen molar-refractivity contribution >= 4 is 29.3 Å². The first-order chi connectivity index (χ1) is 12.0. The molecule has 0 unspecified atom stereocenters. The topological polar surface area (TPSA) is 69.7 Å². The van der Waals surface area contributed by atoms with E-state index in [9.17, 15) is 23.2 Å². The highest BCUT2D eigenvalue weighted by Gasteiger charge is 2.24. The van der Waals surface area contributed by atoms with Crippen LogP contribution in [0.15, 0.2) is 6.07 Å². The van der Waals surface area contributed by atoms with Crippen LogP contribution in [0.1, 0.15) is 56.5 Å². The van der Waals surface area contributed by atoms with E-state index < -0.39 is 52.0 Å². The van der Waals surface area contributed by atoms with Gasteiger partial charge in [-0.2, -0.15) is 0 Å². The molecule has 0 atom stereocenters. The van der Waals surface area contributed by atoms with Crippen LogP contribution in [0.4, 0.5) is 8.78 Å². The Balaban J connectivity index is 2.95. The second kappa shape index (κ2) is 9.07. The fourth-order valence-electron chi connectivity index (χ4n) is 2.12. The molecule has 26 heavy (non-hydrogen) atoms. The van der Waals surface area contributed by atoms with E-state index in [0.29, 0.717) is 6.07 Å². The molecular formula is C18H21ClF2O5. The zero-order chi connectivity index (χ0) is 20.1. The summed E-state index contributed by atoms with van der Waals surface area (Å²) < 4.78 is 38.3. The van der Waals surface area contributed by atoms with Crippen LogP contribution in [0.2, 0.25) is 5.02 Å². The standard InChI is InChI=1S/C18H21ClF2O5/c1-5-25-15(24)9-13(22)11-8-12(20)10(16(19)17(11)21)6-7-14(23)26-18(2,3)4/h8H,5-7,9H2,1-4H3. The molecule has 5 nitrogen and oxygen atoms in total. The number of ether oxygens (including phenoxy) is 2. The van der Waals surface area contributed by atoms with E-state index >= 15 is 0 Å². The Labute approximate surface area is 155 Å². The maximum absolute atomic E-state index is 14.3. The van der Waals surface area contributed by atoms with E-state index in [1.807, 2.05) is 0 Å². The molecule has 0 amide bonds. The van der Waals surface area contributed by atoms with Crippen molar-refractivity contribution in [3.05, 3.63) is 33.9 Å². The minimum absolute atomic E-state index is 0.0628. The Morgan fingerprint density at radius 2 is 1.77 bits per heavy atom. The van der Waals surface area contributed by atoms with E-state index in [-0.39, 0.29) is 25.0 Å². The van der Waals surface area contributed by atoms with Gasteiger partial charge in [-0.3, -0.25) is 14.4 Å². The van der Waals surface area contributed by atoms with Crippen molar-refractivity contribution in [3.8, 4) is 0 Å². The van der Waals surface area contributed by atoms with Gasteiger partial charge < -0.3 is 9.47 Å². The highest BCUT2D eigenvalue weighted by Crippen LogP contribution is 2.28. The molecule has 0 fully saturated rings. The molecule has 8 heteroatoms. The van der Waals surface area contributed by atoms with Crippen LogP contribution in [0.5, 0.6) is 0 Å². The number of carbonyl (C=O) groups excluding carboxylic acids is 3. The number of Topliss-reactive ketones (excluding diaryl/α,β-unsaturated/α-hetero) is 1. The zero-order valence-electron chi connectivity index (χ0n) is 15.1. The molecule has 0 aliphatic rings. The van der Waals surface area contributed by atoms with Crippen LogP contribution < -0.4 is 0 Å². The van der Waals surface area contributed by atoms with E-state index in [1.54, 1.807) is 27.7 Å². The van der Waals surface area contributed by atoms with Crippen molar-refractivity contribution in [1.82, 2.24) is 0 Å². The normalized spacial score (nSPS) is 11.2. The van der Waals surface area contributed by atoms with Crippen LogP contribution in [0.3, 0.4) is 0 Å². The molecule has 0 aliphatic heterocycles. The van der Waals surface area contributed by atoms with E-state index in [2.05, 4.69) is 4.74 Å². The van der Waals surface area contributed by atoms with Gasteiger partial charge >= 0.3 is 11.9 Å². The molecule has 0 aliphatic carbocycles. The summed E-state index contributed by atoms with van der Waals surface area (Å²) >= 11 is 5.83. The molecular weight excluding hydrogens is 370 g/mol. The maximum atomic E-state index is 14.3. The lowest BCUT2D eigenvalue weighted by Crippen LogP contribution is -2.24. The van der Waals surface area contributed by atoms with Gasteiger partial charge in [-0.25, -0.2) is 8.78 Å². The minimum atomic E-state index is -1.14. The van der Waals surface area contributed by atoms with E-state index in [0.717, 1.165) is 0 Å². The summed E-state index contributed by atoms with van der Waals surface area (Å²) in [5.74, 6) is -4.45. The second-order valence-corrected chi connectivity index (χ2v) is 6.88. The third kappa shape index (κ3) is 6.37. The molecule has 0 saturated heterocycles. The third-order valence-electron chi connectivity index (χ3n) is 3.16. The Kier molecular flexibility index (Phi) is 7.68. The van der Waals surface area contributed by atoms with Crippen molar-refractivity contribution in [3.63, 3.8) is 0 Å². The molecule has 0 N–H and O–H groups in total. The maximum Gasteiger partial charge on any atom is 0.313 e. The average Bonchev–Trinajstić information content (AvgIpc) is 2.49. The van der Waals surface area contributed by atoms with Gasteiger partial charge in [0.15, 0.2) is 11.6 Å². The van der Waals surface area contributed by atoms with E-state index in [1.165, 1.54) is 0 Å². The number of ketones is 1. The fraction of sp³-hybridized carbons (Fsp3) is 0.500. The summed E-state index contributed by atoms with van der Waals surface area (Å²) in [6.07, 6.45) is -1.12. The molecule has 0 heterocycles. The Morgan fingerprint density at radius 1 is 1.15 bits per heavy atom. The molecule has 0 saturated carbocycles. The van der Waals surface area contributed by atoms with Crippen LogP contribution in [-0.2, 0) is 25.5 Å². The van der Waals surface area contributed by atoms with Gasteiger partial charge in [-0.05, 0) is 40.2 Å². The lowest BCUT2D eigenvalue weighted by atomic mass is 10.0. The first-order valence-corrected chi connectivity index (χ1v) is 8.41. The summed E-state index contributed by atoms with van der Waals surface area (Å²) in [5, 5.41) is -0.597. The van der Waals surface area contributed by atoms with Crippen molar-refractivity contribution in [2.45, 2.75) is 52.6 Å². The van der Waals surface area contributed by atoms with Gasteiger partial charge in [-0.15, -0.1) is 0 Å². The molecule has 0 radical (unpaired) electrons. The van der Waals surface area contributed by atoms with Gasteiger partial charge in [0, 0.05) is 12.0 Å². The van der Waals surface area contributed by atoms with Gasteiger partial charge in [0.25, 0.3) is 0 Å². The second-order valence-electron chi connectivity index (χ2n) is 6.50. The number of hydrogen-bond donors (Lipinski definition) is 0. The summed E-state index contributed by atoms with van der Waals surface area (Å²) in [6, 6.07) is 0.674. The Hall–Kier alpha value is -2.02. The van der Waals surface area contributed by atoms with Gasteiger partial charge in [0.2, 0.25) is 0 Å². The molecule has 0 bridgehead atoms.